The van der Waals surface area contributed by atoms with Crippen LogP contribution >= 0.6 is 0 Å². The first-order valence-electron chi connectivity index (χ1n) is 8.74. The molecular weight excluding hydrogens is 376 g/mol. The number of hydrogen-bond acceptors (Lipinski definition) is 4. The SMILES string of the molecule is CC(C)(C)Oc1ccc(Oc2ccc(Oc3ccc(S(=O)O)cc3)cc2)cc1. The third-order valence-electron chi connectivity index (χ3n) is 3.57. The predicted octanol–water partition coefficient (Wildman–Crippen LogP) is 6.03. The fourth-order valence-electron chi connectivity index (χ4n) is 2.40. The van der Waals surface area contributed by atoms with Crippen LogP contribution in [0.15, 0.2) is 77.7 Å². The average molecular weight is 398 g/mol. The summed E-state index contributed by atoms with van der Waals surface area (Å²) in [7, 11) is 0. The molecule has 1 N–H and O–H groups in total. The normalized spacial score (nSPS) is 12.3. The van der Waals surface area contributed by atoms with Gasteiger partial charge in [-0.15, -0.1) is 0 Å². The van der Waals surface area contributed by atoms with E-state index >= 15 is 0 Å². The lowest BCUT2D eigenvalue weighted by molar-refractivity contribution is 0.131. The fourth-order valence-corrected chi connectivity index (χ4v) is 2.77. The molecule has 5 nitrogen and oxygen atoms in total. The number of benzene rings is 3. The van der Waals surface area contributed by atoms with Gasteiger partial charge in [0, 0.05) is 0 Å². The summed E-state index contributed by atoms with van der Waals surface area (Å²) in [6.45, 7) is 6.01. The molecule has 0 saturated heterocycles. The molecule has 0 fully saturated rings. The Morgan fingerprint density at radius 3 is 1.29 bits per heavy atom. The molecule has 0 bridgehead atoms. The highest BCUT2D eigenvalue weighted by atomic mass is 32.2. The molecule has 0 aliphatic heterocycles. The van der Waals surface area contributed by atoms with E-state index in [0.717, 1.165) is 5.75 Å². The topological polar surface area (TPSA) is 65.0 Å². The Balaban J connectivity index is 1.60. The molecule has 1 atom stereocenters. The molecular formula is C22H22O5S. The minimum atomic E-state index is -1.99. The van der Waals surface area contributed by atoms with Crippen molar-refractivity contribution in [2.45, 2.75) is 31.3 Å². The van der Waals surface area contributed by atoms with Crippen LogP contribution in [0.2, 0.25) is 0 Å². The first-order valence-corrected chi connectivity index (χ1v) is 9.85. The van der Waals surface area contributed by atoms with E-state index in [1.807, 2.05) is 57.2 Å². The van der Waals surface area contributed by atoms with Crippen molar-refractivity contribution in [3.8, 4) is 28.7 Å². The lowest BCUT2D eigenvalue weighted by Crippen LogP contribution is -2.22. The van der Waals surface area contributed by atoms with Crippen LogP contribution in [0.3, 0.4) is 0 Å². The second-order valence-electron chi connectivity index (χ2n) is 7.08. The van der Waals surface area contributed by atoms with E-state index in [1.54, 1.807) is 36.4 Å². The van der Waals surface area contributed by atoms with Crippen LogP contribution in [-0.2, 0) is 11.1 Å². The first-order chi connectivity index (χ1) is 13.3. The van der Waals surface area contributed by atoms with Gasteiger partial charge in [0.25, 0.3) is 0 Å². The van der Waals surface area contributed by atoms with Crippen molar-refractivity contribution in [2.75, 3.05) is 0 Å². The summed E-state index contributed by atoms with van der Waals surface area (Å²) < 4.78 is 37.4. The largest absolute Gasteiger partial charge is 0.488 e. The fraction of sp³-hybridized carbons (Fsp3) is 0.182. The molecule has 0 spiro atoms. The molecule has 0 aromatic heterocycles. The zero-order valence-electron chi connectivity index (χ0n) is 15.9. The Morgan fingerprint density at radius 1 is 0.643 bits per heavy atom. The van der Waals surface area contributed by atoms with Gasteiger partial charge in [0.05, 0.1) is 4.90 Å². The van der Waals surface area contributed by atoms with Crippen LogP contribution in [0.5, 0.6) is 28.7 Å². The van der Waals surface area contributed by atoms with Crippen molar-refractivity contribution < 1.29 is 23.0 Å². The molecule has 0 aliphatic rings. The predicted molar refractivity (Wildman–Crippen MR) is 109 cm³/mol. The van der Waals surface area contributed by atoms with Crippen LogP contribution in [0.1, 0.15) is 20.8 Å². The van der Waals surface area contributed by atoms with Gasteiger partial charge < -0.3 is 18.8 Å². The zero-order valence-corrected chi connectivity index (χ0v) is 16.7. The van der Waals surface area contributed by atoms with Gasteiger partial charge in [-0.1, -0.05) is 0 Å². The summed E-state index contributed by atoms with van der Waals surface area (Å²) >= 11 is -1.99. The second-order valence-corrected chi connectivity index (χ2v) is 8.05. The van der Waals surface area contributed by atoms with Crippen molar-refractivity contribution in [1.29, 1.82) is 0 Å². The third-order valence-corrected chi connectivity index (χ3v) is 4.24. The van der Waals surface area contributed by atoms with Crippen molar-refractivity contribution in [3.05, 3.63) is 72.8 Å². The van der Waals surface area contributed by atoms with Crippen molar-refractivity contribution >= 4 is 11.1 Å². The minimum Gasteiger partial charge on any atom is -0.488 e. The maximum atomic E-state index is 11.0. The average Bonchev–Trinajstić information content (AvgIpc) is 2.64. The van der Waals surface area contributed by atoms with Gasteiger partial charge in [-0.2, -0.15) is 0 Å². The van der Waals surface area contributed by atoms with Gasteiger partial charge in [-0.05, 0) is 93.6 Å². The third kappa shape index (κ3) is 5.84. The number of rotatable bonds is 6. The Morgan fingerprint density at radius 2 is 0.964 bits per heavy atom. The quantitative estimate of drug-likeness (QED) is 0.514. The van der Waals surface area contributed by atoms with Crippen LogP contribution in [0, 0.1) is 0 Å². The maximum Gasteiger partial charge on any atom is 0.186 e. The summed E-state index contributed by atoms with van der Waals surface area (Å²) in [6, 6.07) is 21.1. The van der Waals surface area contributed by atoms with E-state index in [0.29, 0.717) is 27.9 Å². The highest BCUT2D eigenvalue weighted by Crippen LogP contribution is 2.28. The second kappa shape index (κ2) is 8.46. The molecule has 3 rings (SSSR count). The van der Waals surface area contributed by atoms with E-state index in [2.05, 4.69) is 0 Å². The van der Waals surface area contributed by atoms with E-state index < -0.39 is 11.1 Å². The molecule has 28 heavy (non-hydrogen) atoms. The molecule has 1 unspecified atom stereocenters. The molecule has 3 aromatic carbocycles. The lowest BCUT2D eigenvalue weighted by Gasteiger charge is -2.21. The summed E-state index contributed by atoms with van der Waals surface area (Å²) in [5, 5.41) is 0. The van der Waals surface area contributed by atoms with Crippen molar-refractivity contribution in [3.63, 3.8) is 0 Å². The van der Waals surface area contributed by atoms with Crippen LogP contribution in [-0.4, -0.2) is 14.4 Å². The van der Waals surface area contributed by atoms with Gasteiger partial charge in [0.15, 0.2) is 11.1 Å². The molecule has 0 heterocycles. The highest BCUT2D eigenvalue weighted by molar-refractivity contribution is 7.79. The summed E-state index contributed by atoms with van der Waals surface area (Å²) in [5.41, 5.74) is -0.242. The van der Waals surface area contributed by atoms with Crippen LogP contribution in [0.4, 0.5) is 0 Å². The Labute approximate surface area is 167 Å². The van der Waals surface area contributed by atoms with Gasteiger partial charge in [-0.3, -0.25) is 0 Å². The van der Waals surface area contributed by atoms with E-state index in [4.69, 9.17) is 18.8 Å². The smallest absolute Gasteiger partial charge is 0.186 e. The lowest BCUT2D eigenvalue weighted by atomic mass is 10.2. The van der Waals surface area contributed by atoms with E-state index in [1.165, 1.54) is 0 Å². The summed E-state index contributed by atoms with van der Waals surface area (Å²) in [6.07, 6.45) is 0. The van der Waals surface area contributed by atoms with Gasteiger partial charge >= 0.3 is 0 Å². The maximum absolute atomic E-state index is 11.0. The Kier molecular flexibility index (Phi) is 6.02. The standard InChI is InChI=1S/C22H22O5S/c1-22(2,3)27-20-10-8-18(9-11-20)25-16-4-6-17(7-5-16)26-19-12-14-21(15-13-19)28(23)24/h4-15H,1-3H3,(H,23,24). The number of hydrogen-bond donors (Lipinski definition) is 1. The van der Waals surface area contributed by atoms with Crippen molar-refractivity contribution in [1.82, 2.24) is 0 Å². The van der Waals surface area contributed by atoms with Crippen LogP contribution in [0.25, 0.3) is 0 Å². The molecule has 0 amide bonds. The summed E-state index contributed by atoms with van der Waals surface area (Å²) in [4.78, 5) is 0.329. The monoisotopic (exact) mass is 398 g/mol. The number of ether oxygens (including phenoxy) is 3. The molecule has 0 saturated carbocycles. The molecule has 146 valence electrons. The molecule has 3 aromatic rings. The molecule has 6 heteroatoms. The first kappa shape index (κ1) is 19.9. The highest BCUT2D eigenvalue weighted by Gasteiger charge is 2.11. The Bertz CT molecular complexity index is 927. The minimum absolute atomic E-state index is 0.242. The zero-order chi connectivity index (χ0) is 20.1. The molecule has 0 radical (unpaired) electrons. The molecule has 0 aliphatic carbocycles. The van der Waals surface area contributed by atoms with Crippen LogP contribution < -0.4 is 14.2 Å². The van der Waals surface area contributed by atoms with Gasteiger partial charge in [0.1, 0.15) is 34.3 Å². The Hall–Kier alpha value is -2.83. The van der Waals surface area contributed by atoms with E-state index in [-0.39, 0.29) is 5.60 Å². The summed E-state index contributed by atoms with van der Waals surface area (Å²) in [5.74, 6) is 3.40. The van der Waals surface area contributed by atoms with Crippen molar-refractivity contribution in [2.24, 2.45) is 0 Å². The van der Waals surface area contributed by atoms with Gasteiger partial charge in [-0.25, -0.2) is 4.21 Å². The van der Waals surface area contributed by atoms with E-state index in [9.17, 15) is 4.21 Å². The van der Waals surface area contributed by atoms with Gasteiger partial charge in [0.2, 0.25) is 0 Å².